The van der Waals surface area contributed by atoms with E-state index < -0.39 is 0 Å². The van der Waals surface area contributed by atoms with Gasteiger partial charge in [-0.15, -0.1) is 0 Å². The van der Waals surface area contributed by atoms with Gasteiger partial charge in [0.2, 0.25) is 0 Å². The minimum Gasteiger partial charge on any atom is -0.490 e. The molecule has 0 radical (unpaired) electrons. The van der Waals surface area contributed by atoms with Gasteiger partial charge in [-0.25, -0.2) is 4.39 Å². The van der Waals surface area contributed by atoms with E-state index in [9.17, 15) is 9.18 Å². The second kappa shape index (κ2) is 9.36. The Hall–Kier alpha value is -2.16. The molecule has 3 heteroatoms. The van der Waals surface area contributed by atoms with Gasteiger partial charge in [0.1, 0.15) is 0 Å². The number of carbonyl (C=O) groups is 1. The van der Waals surface area contributed by atoms with Gasteiger partial charge in [0.25, 0.3) is 0 Å². The molecule has 134 valence electrons. The van der Waals surface area contributed by atoms with Crippen LogP contribution >= 0.6 is 0 Å². The zero-order chi connectivity index (χ0) is 18.2. The van der Waals surface area contributed by atoms with Crippen LogP contribution in [0.4, 0.5) is 4.39 Å². The van der Waals surface area contributed by atoms with Crippen molar-refractivity contribution in [3.8, 4) is 16.9 Å². The molecule has 25 heavy (non-hydrogen) atoms. The highest BCUT2D eigenvalue weighted by molar-refractivity contribution is 5.94. The second-order valence-electron chi connectivity index (χ2n) is 6.51. The van der Waals surface area contributed by atoms with Crippen LogP contribution in [0, 0.1) is 11.7 Å². The van der Waals surface area contributed by atoms with Gasteiger partial charge < -0.3 is 4.74 Å². The third-order valence-electron chi connectivity index (χ3n) is 4.57. The molecule has 0 heterocycles. The fraction of sp³-hybridized carbons (Fsp3) is 0.409. The number of ether oxygens (including phenoxy) is 1. The average molecular weight is 342 g/mol. The van der Waals surface area contributed by atoms with E-state index in [4.69, 9.17) is 4.74 Å². The summed E-state index contributed by atoms with van der Waals surface area (Å²) in [5, 5.41) is 0. The first-order chi connectivity index (χ1) is 12.0. The summed E-state index contributed by atoms with van der Waals surface area (Å²) < 4.78 is 20.1. The minimum absolute atomic E-state index is 0.0232. The van der Waals surface area contributed by atoms with Crippen molar-refractivity contribution in [2.75, 3.05) is 6.61 Å². The minimum atomic E-state index is -0.349. The number of carbonyl (C=O) groups excluding carboxylic acids is 1. The summed E-state index contributed by atoms with van der Waals surface area (Å²) >= 11 is 0. The Balaban J connectivity index is 2.05. The van der Waals surface area contributed by atoms with E-state index in [2.05, 4.69) is 13.8 Å². The van der Waals surface area contributed by atoms with E-state index in [0.29, 0.717) is 23.8 Å². The predicted molar refractivity (Wildman–Crippen MR) is 101 cm³/mol. The Morgan fingerprint density at radius 2 is 1.76 bits per heavy atom. The van der Waals surface area contributed by atoms with Crippen LogP contribution < -0.4 is 4.74 Å². The first-order valence-electron chi connectivity index (χ1n) is 9.08. The van der Waals surface area contributed by atoms with Crippen molar-refractivity contribution in [1.82, 2.24) is 0 Å². The fourth-order valence-corrected chi connectivity index (χ4v) is 2.80. The van der Waals surface area contributed by atoms with Crippen molar-refractivity contribution in [2.24, 2.45) is 5.92 Å². The zero-order valence-electron chi connectivity index (χ0n) is 15.3. The van der Waals surface area contributed by atoms with E-state index in [1.807, 2.05) is 18.2 Å². The second-order valence-corrected chi connectivity index (χ2v) is 6.51. The Morgan fingerprint density at radius 3 is 2.32 bits per heavy atom. The highest BCUT2D eigenvalue weighted by Gasteiger charge is 2.11. The fourth-order valence-electron chi connectivity index (χ4n) is 2.80. The van der Waals surface area contributed by atoms with Gasteiger partial charge in [0.15, 0.2) is 17.3 Å². The summed E-state index contributed by atoms with van der Waals surface area (Å²) in [6.07, 6.45) is 4.51. The number of halogens is 1. The molecule has 0 N–H and O–H groups in total. The highest BCUT2D eigenvalue weighted by Crippen LogP contribution is 2.27. The molecular formula is C22H27FO2. The van der Waals surface area contributed by atoms with E-state index >= 15 is 0 Å². The molecule has 0 bridgehead atoms. The number of ketones is 1. The molecule has 0 aliphatic heterocycles. The third-order valence-corrected chi connectivity index (χ3v) is 4.57. The highest BCUT2D eigenvalue weighted by atomic mass is 19.1. The molecular weight excluding hydrogens is 315 g/mol. The molecule has 0 fully saturated rings. The van der Waals surface area contributed by atoms with E-state index in [1.54, 1.807) is 18.2 Å². The molecule has 1 atom stereocenters. The topological polar surface area (TPSA) is 26.3 Å². The summed E-state index contributed by atoms with van der Waals surface area (Å²) in [5.41, 5.74) is 2.31. The summed E-state index contributed by atoms with van der Waals surface area (Å²) in [6.45, 7) is 6.41. The number of benzene rings is 2. The van der Waals surface area contributed by atoms with Crippen LogP contribution in [0.25, 0.3) is 11.1 Å². The summed E-state index contributed by atoms with van der Waals surface area (Å²) in [6, 6.07) is 12.2. The van der Waals surface area contributed by atoms with Crippen molar-refractivity contribution >= 4 is 5.78 Å². The molecule has 0 spiro atoms. The van der Waals surface area contributed by atoms with Crippen LogP contribution in [-0.4, -0.2) is 12.4 Å². The lowest BCUT2D eigenvalue weighted by atomic mass is 10.0. The van der Waals surface area contributed by atoms with Gasteiger partial charge in [-0.05, 0) is 42.5 Å². The Labute approximate surface area is 150 Å². The smallest absolute Gasteiger partial charge is 0.165 e. The van der Waals surface area contributed by atoms with E-state index in [0.717, 1.165) is 24.0 Å². The van der Waals surface area contributed by atoms with Gasteiger partial charge in [-0.1, -0.05) is 63.4 Å². The summed E-state index contributed by atoms with van der Waals surface area (Å²) in [5.74, 6) is 0.450. The molecule has 2 aromatic rings. The largest absolute Gasteiger partial charge is 0.490 e. The summed E-state index contributed by atoms with van der Waals surface area (Å²) in [7, 11) is 0. The number of hydrogen-bond donors (Lipinski definition) is 0. The Bertz CT molecular complexity index is 692. The van der Waals surface area contributed by atoms with Crippen LogP contribution in [0.2, 0.25) is 0 Å². The van der Waals surface area contributed by atoms with Crippen molar-refractivity contribution in [1.29, 1.82) is 0 Å². The molecule has 2 nitrogen and oxygen atoms in total. The number of rotatable bonds is 9. The van der Waals surface area contributed by atoms with Gasteiger partial charge in [0.05, 0.1) is 6.61 Å². The summed E-state index contributed by atoms with van der Waals surface area (Å²) in [4.78, 5) is 11.3. The number of hydrogen-bond acceptors (Lipinski definition) is 2. The van der Waals surface area contributed by atoms with Crippen molar-refractivity contribution < 1.29 is 13.9 Å². The first-order valence-corrected chi connectivity index (χ1v) is 9.08. The van der Waals surface area contributed by atoms with Crippen LogP contribution in [-0.2, 0) is 0 Å². The van der Waals surface area contributed by atoms with Crippen LogP contribution in [0.15, 0.2) is 42.5 Å². The van der Waals surface area contributed by atoms with Crippen molar-refractivity contribution in [3.63, 3.8) is 0 Å². The third kappa shape index (κ3) is 5.42. The van der Waals surface area contributed by atoms with Crippen LogP contribution in [0.3, 0.4) is 0 Å². The standard InChI is InChI=1S/C22H27FO2/c1-4-6-7-17(5-2)15-25-22-13-12-20(14-21(22)23)19-10-8-18(9-11-19)16(3)24/h8-14,17H,4-7,15H2,1-3H3. The SMILES string of the molecule is CCCCC(CC)COc1ccc(-c2ccc(C(C)=O)cc2)cc1F. The van der Waals surface area contributed by atoms with Gasteiger partial charge >= 0.3 is 0 Å². The maximum atomic E-state index is 14.4. The molecule has 2 aromatic carbocycles. The molecule has 0 aliphatic carbocycles. The maximum absolute atomic E-state index is 14.4. The normalized spacial score (nSPS) is 12.0. The van der Waals surface area contributed by atoms with Gasteiger partial charge in [-0.3, -0.25) is 4.79 Å². The Kier molecular flexibility index (Phi) is 7.17. The molecule has 2 rings (SSSR count). The molecule has 0 aliphatic rings. The molecule has 0 amide bonds. The first kappa shape index (κ1) is 19.2. The average Bonchev–Trinajstić information content (AvgIpc) is 2.63. The van der Waals surface area contributed by atoms with Crippen molar-refractivity contribution in [2.45, 2.75) is 46.5 Å². The van der Waals surface area contributed by atoms with Crippen LogP contribution in [0.5, 0.6) is 5.75 Å². The number of Topliss-reactive ketones (excluding diaryl/α,β-unsaturated/α-hetero) is 1. The number of unbranched alkanes of at least 4 members (excludes halogenated alkanes) is 1. The molecule has 0 saturated carbocycles. The molecule has 1 unspecified atom stereocenters. The van der Waals surface area contributed by atoms with Crippen LogP contribution in [0.1, 0.15) is 56.8 Å². The van der Waals surface area contributed by atoms with Crippen molar-refractivity contribution in [3.05, 3.63) is 53.8 Å². The molecule has 0 aromatic heterocycles. The predicted octanol–water partition coefficient (Wildman–Crippen LogP) is 6.29. The lowest BCUT2D eigenvalue weighted by Gasteiger charge is -2.16. The lowest BCUT2D eigenvalue weighted by Crippen LogP contribution is -2.12. The lowest BCUT2D eigenvalue weighted by molar-refractivity contribution is 0.101. The van der Waals surface area contributed by atoms with E-state index in [-0.39, 0.29) is 11.6 Å². The van der Waals surface area contributed by atoms with Gasteiger partial charge in [0, 0.05) is 5.56 Å². The van der Waals surface area contributed by atoms with E-state index in [1.165, 1.54) is 25.8 Å². The zero-order valence-corrected chi connectivity index (χ0v) is 15.3. The maximum Gasteiger partial charge on any atom is 0.165 e. The monoisotopic (exact) mass is 342 g/mol. The quantitative estimate of drug-likeness (QED) is 0.501. The molecule has 0 saturated heterocycles. The Morgan fingerprint density at radius 1 is 1.08 bits per heavy atom. The van der Waals surface area contributed by atoms with Gasteiger partial charge in [-0.2, -0.15) is 0 Å².